The van der Waals surface area contributed by atoms with Gasteiger partial charge in [0.2, 0.25) is 0 Å². The Bertz CT molecular complexity index is 675. The van der Waals surface area contributed by atoms with Crippen LogP contribution in [0.4, 0.5) is 0 Å². The predicted molar refractivity (Wildman–Crippen MR) is 75.2 cm³/mol. The molecule has 3 atom stereocenters. The molecule has 1 fully saturated rings. The first-order chi connectivity index (χ1) is 11.0. The fourth-order valence-electron chi connectivity index (χ4n) is 2.74. The zero-order valence-corrected chi connectivity index (χ0v) is 12.6. The number of carbonyl (C=O) groups is 2. The summed E-state index contributed by atoms with van der Waals surface area (Å²) in [5.41, 5.74) is -1.56. The first-order valence-corrected chi connectivity index (χ1v) is 6.75. The van der Waals surface area contributed by atoms with Gasteiger partial charge < -0.3 is 14.2 Å². The van der Waals surface area contributed by atoms with Crippen molar-refractivity contribution in [1.29, 1.82) is 10.5 Å². The first kappa shape index (κ1) is 16.5. The Labute approximate surface area is 133 Å². The Morgan fingerprint density at radius 1 is 1.09 bits per heavy atom. The number of hydrogen-bond donors (Lipinski definition) is 0. The second kappa shape index (κ2) is 6.47. The minimum absolute atomic E-state index is 0.559. The van der Waals surface area contributed by atoms with Gasteiger partial charge in [-0.15, -0.1) is 0 Å². The van der Waals surface area contributed by atoms with Crippen molar-refractivity contribution in [1.82, 2.24) is 0 Å². The number of hydrogen-bond acceptors (Lipinski definition) is 7. The number of nitriles is 2. The number of carbonyl (C=O) groups excluding carboxylic acids is 2. The summed E-state index contributed by atoms with van der Waals surface area (Å²) in [4.78, 5) is 24.4. The molecule has 0 saturated carbocycles. The van der Waals surface area contributed by atoms with E-state index in [1.54, 1.807) is 42.5 Å². The molecule has 2 rings (SSSR count). The van der Waals surface area contributed by atoms with E-state index in [1.807, 2.05) is 0 Å². The van der Waals surface area contributed by atoms with Gasteiger partial charge in [-0.3, -0.25) is 9.59 Å². The average molecular weight is 314 g/mol. The van der Waals surface area contributed by atoms with Crippen molar-refractivity contribution < 1.29 is 23.8 Å². The van der Waals surface area contributed by atoms with Crippen LogP contribution in [0.15, 0.2) is 30.3 Å². The van der Waals surface area contributed by atoms with E-state index in [9.17, 15) is 20.1 Å². The van der Waals surface area contributed by atoms with Gasteiger partial charge in [-0.25, -0.2) is 0 Å². The molecule has 0 N–H and O–H groups in total. The summed E-state index contributed by atoms with van der Waals surface area (Å²) >= 11 is 0. The van der Waals surface area contributed by atoms with Crippen LogP contribution in [0.2, 0.25) is 0 Å². The largest absolute Gasteiger partial charge is 0.469 e. The second-order valence-corrected chi connectivity index (χ2v) is 4.96. The summed E-state index contributed by atoms with van der Waals surface area (Å²) in [6, 6.07) is 12.0. The molecule has 0 aliphatic carbocycles. The highest BCUT2D eigenvalue weighted by Gasteiger charge is 2.63. The van der Waals surface area contributed by atoms with Crippen molar-refractivity contribution >= 4 is 11.9 Å². The van der Waals surface area contributed by atoms with Gasteiger partial charge in [0.25, 0.3) is 5.60 Å². The van der Waals surface area contributed by atoms with E-state index in [-0.39, 0.29) is 0 Å². The quantitative estimate of drug-likeness (QED) is 0.769. The molecule has 0 spiro atoms. The van der Waals surface area contributed by atoms with Gasteiger partial charge >= 0.3 is 11.9 Å². The lowest BCUT2D eigenvalue weighted by Crippen LogP contribution is -2.42. The number of benzene rings is 1. The van der Waals surface area contributed by atoms with Crippen LogP contribution in [0.5, 0.6) is 0 Å². The molecule has 0 radical (unpaired) electrons. The number of nitrogens with zero attached hydrogens (tertiary/aromatic N) is 2. The van der Waals surface area contributed by atoms with Crippen molar-refractivity contribution in [2.45, 2.75) is 11.7 Å². The zero-order chi connectivity index (χ0) is 17.0. The molecule has 1 aliphatic heterocycles. The Hall–Kier alpha value is -2.90. The molecule has 0 amide bonds. The van der Waals surface area contributed by atoms with Gasteiger partial charge in [0, 0.05) is 0 Å². The van der Waals surface area contributed by atoms with Gasteiger partial charge in [-0.2, -0.15) is 10.5 Å². The molecule has 0 unspecified atom stereocenters. The van der Waals surface area contributed by atoms with Crippen LogP contribution in [0.1, 0.15) is 11.7 Å². The third-order valence-electron chi connectivity index (χ3n) is 3.82. The highest BCUT2D eigenvalue weighted by atomic mass is 16.6. The normalized spacial score (nSPS) is 25.0. The van der Waals surface area contributed by atoms with E-state index >= 15 is 0 Å². The molecule has 7 heteroatoms. The SMILES string of the molecule is COC(=O)[C@H]1[C@@H](c2ccccc2)OC(C#N)(C#N)[C@@H]1C(=O)OC. The molecule has 118 valence electrons. The van der Waals surface area contributed by atoms with Crippen LogP contribution in [-0.2, 0) is 23.8 Å². The van der Waals surface area contributed by atoms with Gasteiger partial charge in [0.05, 0.1) is 14.2 Å². The molecular weight excluding hydrogens is 300 g/mol. The third-order valence-corrected chi connectivity index (χ3v) is 3.82. The van der Waals surface area contributed by atoms with Crippen LogP contribution in [0, 0.1) is 34.5 Å². The summed E-state index contributed by atoms with van der Waals surface area (Å²) in [5, 5.41) is 18.8. The maximum absolute atomic E-state index is 12.2. The zero-order valence-electron chi connectivity index (χ0n) is 12.6. The fourth-order valence-corrected chi connectivity index (χ4v) is 2.74. The molecule has 0 aromatic heterocycles. The van der Waals surface area contributed by atoms with Crippen LogP contribution in [-0.4, -0.2) is 31.8 Å². The lowest BCUT2D eigenvalue weighted by Gasteiger charge is -2.20. The van der Waals surface area contributed by atoms with E-state index in [4.69, 9.17) is 9.47 Å². The fraction of sp³-hybridized carbons (Fsp3) is 0.375. The molecule has 7 nitrogen and oxygen atoms in total. The maximum Gasteiger partial charge on any atom is 0.314 e. The number of rotatable bonds is 3. The van der Waals surface area contributed by atoms with Crippen molar-refractivity contribution in [3.8, 4) is 12.1 Å². The molecule has 0 bridgehead atoms. The van der Waals surface area contributed by atoms with E-state index in [2.05, 4.69) is 4.74 Å². The van der Waals surface area contributed by atoms with Crippen LogP contribution in [0.3, 0.4) is 0 Å². The van der Waals surface area contributed by atoms with Gasteiger partial charge in [-0.05, 0) is 5.56 Å². The molecular formula is C16H14N2O5. The molecule has 23 heavy (non-hydrogen) atoms. The monoisotopic (exact) mass is 314 g/mol. The third kappa shape index (κ3) is 2.63. The van der Waals surface area contributed by atoms with E-state index in [0.717, 1.165) is 14.2 Å². The summed E-state index contributed by atoms with van der Waals surface area (Å²) in [6.07, 6.45) is -0.966. The molecule has 1 aliphatic rings. The maximum atomic E-state index is 12.2. The number of methoxy groups -OCH3 is 2. The number of esters is 2. The Morgan fingerprint density at radius 3 is 2.13 bits per heavy atom. The number of ether oxygens (including phenoxy) is 3. The highest BCUT2D eigenvalue weighted by molar-refractivity contribution is 5.85. The Morgan fingerprint density at radius 2 is 1.65 bits per heavy atom. The van der Waals surface area contributed by atoms with Gasteiger partial charge in [-0.1, -0.05) is 30.3 Å². The van der Waals surface area contributed by atoms with E-state index < -0.39 is 35.5 Å². The van der Waals surface area contributed by atoms with Crippen molar-refractivity contribution in [2.24, 2.45) is 11.8 Å². The molecule has 1 aromatic carbocycles. The second-order valence-electron chi connectivity index (χ2n) is 4.96. The Kier molecular flexibility index (Phi) is 4.63. The van der Waals surface area contributed by atoms with Crippen LogP contribution >= 0.6 is 0 Å². The molecule has 1 saturated heterocycles. The highest BCUT2D eigenvalue weighted by Crippen LogP contribution is 2.49. The summed E-state index contributed by atoms with van der Waals surface area (Å²) in [5.74, 6) is -4.18. The van der Waals surface area contributed by atoms with Gasteiger partial charge in [0.1, 0.15) is 30.1 Å². The minimum Gasteiger partial charge on any atom is -0.469 e. The van der Waals surface area contributed by atoms with Crippen LogP contribution < -0.4 is 0 Å². The minimum atomic E-state index is -2.12. The van der Waals surface area contributed by atoms with Crippen molar-refractivity contribution in [3.63, 3.8) is 0 Å². The first-order valence-electron chi connectivity index (χ1n) is 6.75. The average Bonchev–Trinajstić information content (AvgIpc) is 2.97. The summed E-state index contributed by atoms with van der Waals surface area (Å²) in [7, 11) is 2.28. The smallest absolute Gasteiger partial charge is 0.314 e. The lowest BCUT2D eigenvalue weighted by atomic mass is 9.79. The van der Waals surface area contributed by atoms with Gasteiger partial charge in [0.15, 0.2) is 0 Å². The van der Waals surface area contributed by atoms with Crippen molar-refractivity contribution in [3.05, 3.63) is 35.9 Å². The predicted octanol–water partition coefficient (Wildman–Crippen LogP) is 1.12. The van der Waals surface area contributed by atoms with E-state index in [0.29, 0.717) is 5.56 Å². The Balaban J connectivity index is 2.61. The molecule has 1 heterocycles. The standard InChI is InChI=1S/C16H14N2O5/c1-21-14(19)11-12(15(20)22-2)16(8-17,9-18)23-13(11)10-6-4-3-5-7-10/h3-7,11-13H,1-2H3/t11-,12+,13-/m1/s1. The summed E-state index contributed by atoms with van der Waals surface area (Å²) in [6.45, 7) is 0. The lowest BCUT2D eigenvalue weighted by molar-refractivity contribution is -0.157. The van der Waals surface area contributed by atoms with Crippen LogP contribution in [0.25, 0.3) is 0 Å². The topological polar surface area (TPSA) is 109 Å². The van der Waals surface area contributed by atoms with Crippen molar-refractivity contribution in [2.75, 3.05) is 14.2 Å². The summed E-state index contributed by atoms with van der Waals surface area (Å²) < 4.78 is 15.0. The molecule has 1 aromatic rings. The van der Waals surface area contributed by atoms with E-state index in [1.165, 1.54) is 0 Å².